The second-order valence-electron chi connectivity index (χ2n) is 4.47. The van der Waals surface area contributed by atoms with Gasteiger partial charge in [0.2, 0.25) is 0 Å². The molecule has 1 unspecified atom stereocenters. The van der Waals surface area contributed by atoms with Crippen molar-refractivity contribution >= 4 is 38.0 Å². The quantitative estimate of drug-likeness (QED) is 0.739. The lowest BCUT2D eigenvalue weighted by Gasteiger charge is -2.13. The van der Waals surface area contributed by atoms with Crippen LogP contribution in [-0.4, -0.2) is 12.2 Å². The van der Waals surface area contributed by atoms with Crippen LogP contribution in [0.4, 0.5) is 0 Å². The Morgan fingerprint density at radius 3 is 2.60 bits per heavy atom. The first kappa shape index (κ1) is 13.6. The molecule has 2 nitrogen and oxygen atoms in total. The van der Waals surface area contributed by atoms with E-state index in [1.165, 1.54) is 11.3 Å². The van der Waals surface area contributed by atoms with Crippen LogP contribution in [0.15, 0.2) is 52.3 Å². The van der Waals surface area contributed by atoms with Gasteiger partial charge in [0.05, 0.1) is 7.11 Å². The average molecular weight is 349 g/mol. The fraction of sp³-hybridized carbons (Fsp3) is 0.125. The number of ether oxygens (including phenoxy) is 1. The van der Waals surface area contributed by atoms with Gasteiger partial charge in [0, 0.05) is 14.7 Å². The highest BCUT2D eigenvalue weighted by Crippen LogP contribution is 2.36. The molecule has 1 aromatic heterocycles. The van der Waals surface area contributed by atoms with E-state index in [0.717, 1.165) is 31.4 Å². The molecule has 0 saturated carbocycles. The summed E-state index contributed by atoms with van der Waals surface area (Å²) in [4.78, 5) is 0.884. The zero-order valence-corrected chi connectivity index (χ0v) is 13.2. The number of fused-ring (bicyclic) bond motifs is 1. The van der Waals surface area contributed by atoms with Crippen molar-refractivity contribution in [1.82, 2.24) is 0 Å². The van der Waals surface area contributed by atoms with Crippen LogP contribution < -0.4 is 4.74 Å². The third kappa shape index (κ3) is 2.35. The van der Waals surface area contributed by atoms with E-state index in [0.29, 0.717) is 0 Å². The Labute approximate surface area is 129 Å². The second-order valence-corrected chi connectivity index (χ2v) is 6.27. The van der Waals surface area contributed by atoms with Crippen LogP contribution in [-0.2, 0) is 0 Å². The number of aliphatic hydroxyl groups excluding tert-OH is 1. The minimum Gasteiger partial charge on any atom is -0.496 e. The molecule has 1 heterocycles. The number of methoxy groups -OCH3 is 1. The van der Waals surface area contributed by atoms with Crippen LogP contribution in [0.1, 0.15) is 16.5 Å². The van der Waals surface area contributed by atoms with Crippen molar-refractivity contribution in [2.75, 3.05) is 7.11 Å². The van der Waals surface area contributed by atoms with Gasteiger partial charge in [-0.05, 0) is 28.5 Å². The maximum absolute atomic E-state index is 10.6. The highest BCUT2D eigenvalue weighted by atomic mass is 79.9. The van der Waals surface area contributed by atoms with Crippen molar-refractivity contribution in [3.8, 4) is 5.75 Å². The predicted octanol–water partition coefficient (Wildman–Crippen LogP) is 4.75. The monoisotopic (exact) mass is 348 g/mol. The Bertz CT molecular complexity index is 751. The van der Waals surface area contributed by atoms with E-state index < -0.39 is 6.10 Å². The summed E-state index contributed by atoms with van der Waals surface area (Å²) in [5.74, 6) is 0.783. The number of halogens is 1. The molecule has 1 atom stereocenters. The molecule has 0 radical (unpaired) electrons. The number of hydrogen-bond acceptors (Lipinski definition) is 3. The summed E-state index contributed by atoms with van der Waals surface area (Å²) in [6, 6.07) is 13.9. The maximum atomic E-state index is 10.6. The molecule has 0 aliphatic rings. The number of hydrogen-bond donors (Lipinski definition) is 1. The third-order valence-corrected chi connectivity index (χ3v) is 4.95. The van der Waals surface area contributed by atoms with Crippen LogP contribution in [0, 0.1) is 0 Å². The minimum absolute atomic E-state index is 0.637. The molecular weight excluding hydrogens is 336 g/mol. The fourth-order valence-corrected chi connectivity index (χ4v) is 3.60. The molecule has 4 heteroatoms. The summed E-state index contributed by atoms with van der Waals surface area (Å²) in [5.41, 5.74) is 0.910. The van der Waals surface area contributed by atoms with Crippen LogP contribution in [0.2, 0.25) is 0 Å². The van der Waals surface area contributed by atoms with Gasteiger partial charge in [-0.25, -0.2) is 0 Å². The summed E-state index contributed by atoms with van der Waals surface area (Å²) in [6.45, 7) is 0. The van der Waals surface area contributed by atoms with Gasteiger partial charge < -0.3 is 9.84 Å². The Kier molecular flexibility index (Phi) is 3.78. The van der Waals surface area contributed by atoms with Gasteiger partial charge in [0.1, 0.15) is 11.9 Å². The molecule has 20 heavy (non-hydrogen) atoms. The van der Waals surface area contributed by atoms with Gasteiger partial charge in [0.15, 0.2) is 0 Å². The summed E-state index contributed by atoms with van der Waals surface area (Å²) in [5, 5.41) is 14.7. The smallest absolute Gasteiger partial charge is 0.129 e. The highest BCUT2D eigenvalue weighted by Gasteiger charge is 2.16. The number of benzene rings is 2. The van der Waals surface area contributed by atoms with Crippen LogP contribution in [0.25, 0.3) is 10.8 Å². The lowest BCUT2D eigenvalue weighted by Crippen LogP contribution is -1.98. The van der Waals surface area contributed by atoms with E-state index in [1.807, 2.05) is 47.8 Å². The Morgan fingerprint density at radius 1 is 1.15 bits per heavy atom. The van der Waals surface area contributed by atoms with E-state index in [2.05, 4.69) is 15.9 Å². The Morgan fingerprint density at radius 2 is 1.90 bits per heavy atom. The molecule has 2 aromatic carbocycles. The summed E-state index contributed by atoms with van der Waals surface area (Å²) in [6.07, 6.45) is -0.637. The van der Waals surface area contributed by atoms with E-state index in [4.69, 9.17) is 4.74 Å². The number of thiophene rings is 1. The lowest BCUT2D eigenvalue weighted by atomic mass is 9.99. The van der Waals surface area contributed by atoms with Gasteiger partial charge >= 0.3 is 0 Å². The third-order valence-electron chi connectivity index (χ3n) is 3.30. The molecule has 3 aromatic rings. The zero-order valence-electron chi connectivity index (χ0n) is 10.8. The van der Waals surface area contributed by atoms with Crippen molar-refractivity contribution in [1.29, 1.82) is 0 Å². The molecule has 3 rings (SSSR count). The van der Waals surface area contributed by atoms with Crippen LogP contribution in [0.3, 0.4) is 0 Å². The number of rotatable bonds is 3. The van der Waals surface area contributed by atoms with Crippen molar-refractivity contribution in [2.24, 2.45) is 0 Å². The molecule has 0 aliphatic carbocycles. The molecule has 102 valence electrons. The summed E-state index contributed by atoms with van der Waals surface area (Å²) in [7, 11) is 1.63. The molecule has 0 bridgehead atoms. The van der Waals surface area contributed by atoms with E-state index in [1.54, 1.807) is 7.11 Å². The molecular formula is C16H13BrO2S. The minimum atomic E-state index is -0.637. The average Bonchev–Trinajstić information content (AvgIpc) is 2.96. The molecule has 0 amide bonds. The van der Waals surface area contributed by atoms with Gasteiger partial charge in [-0.2, -0.15) is 0 Å². The van der Waals surface area contributed by atoms with Crippen LogP contribution >= 0.6 is 27.3 Å². The fourth-order valence-electron chi connectivity index (χ4n) is 2.26. The Hall–Kier alpha value is -1.36. The molecule has 0 saturated heterocycles. The van der Waals surface area contributed by atoms with Gasteiger partial charge in [-0.15, -0.1) is 11.3 Å². The zero-order chi connectivity index (χ0) is 14.1. The lowest BCUT2D eigenvalue weighted by molar-refractivity contribution is 0.225. The molecule has 1 N–H and O–H groups in total. The standard InChI is InChI=1S/C16H13BrO2S/c1-19-10-8-15(20-9-10)16(18)13-6-7-14(17)12-5-3-2-4-11(12)13/h2-9,16,18H,1H3. The van der Waals surface area contributed by atoms with Crippen molar-refractivity contribution < 1.29 is 9.84 Å². The molecule has 0 fully saturated rings. The first-order chi connectivity index (χ1) is 9.70. The molecule has 0 spiro atoms. The largest absolute Gasteiger partial charge is 0.496 e. The first-order valence-corrected chi connectivity index (χ1v) is 7.85. The van der Waals surface area contributed by atoms with Gasteiger partial charge in [-0.3, -0.25) is 0 Å². The topological polar surface area (TPSA) is 29.5 Å². The van der Waals surface area contributed by atoms with Gasteiger partial charge in [0.25, 0.3) is 0 Å². The SMILES string of the molecule is COc1csc(C(O)c2ccc(Br)c3ccccc23)c1. The maximum Gasteiger partial charge on any atom is 0.129 e. The number of aliphatic hydroxyl groups is 1. The summed E-state index contributed by atoms with van der Waals surface area (Å²) >= 11 is 5.06. The highest BCUT2D eigenvalue weighted by molar-refractivity contribution is 9.10. The normalized spacial score (nSPS) is 12.6. The Balaban J connectivity index is 2.12. The van der Waals surface area contributed by atoms with Crippen LogP contribution in [0.5, 0.6) is 5.75 Å². The van der Waals surface area contributed by atoms with Crippen molar-refractivity contribution in [3.05, 3.63) is 62.8 Å². The molecule has 0 aliphatic heterocycles. The van der Waals surface area contributed by atoms with E-state index in [9.17, 15) is 5.11 Å². The second kappa shape index (κ2) is 5.56. The first-order valence-electron chi connectivity index (χ1n) is 6.18. The van der Waals surface area contributed by atoms with Crippen molar-refractivity contribution in [3.63, 3.8) is 0 Å². The predicted molar refractivity (Wildman–Crippen MR) is 86.6 cm³/mol. The van der Waals surface area contributed by atoms with Gasteiger partial charge in [-0.1, -0.05) is 46.3 Å². The van der Waals surface area contributed by atoms with E-state index >= 15 is 0 Å². The summed E-state index contributed by atoms with van der Waals surface area (Å²) < 4.78 is 6.21. The van der Waals surface area contributed by atoms with Crippen molar-refractivity contribution in [2.45, 2.75) is 6.10 Å². The van der Waals surface area contributed by atoms with E-state index in [-0.39, 0.29) is 0 Å².